The molecule has 4 nitrogen and oxygen atoms in total. The van der Waals surface area contributed by atoms with Crippen molar-refractivity contribution >= 4 is 5.82 Å². The number of rotatable bonds is 5. The summed E-state index contributed by atoms with van der Waals surface area (Å²) >= 11 is 0. The second kappa shape index (κ2) is 6.08. The molecule has 1 N–H and O–H groups in total. The highest BCUT2D eigenvalue weighted by atomic mass is 19.4. The minimum Gasteiger partial charge on any atom is -0.353 e. The zero-order chi connectivity index (χ0) is 14.6. The Morgan fingerprint density at radius 1 is 1.32 bits per heavy atom. The number of hydrogen-bond donors (Lipinski definition) is 1. The monoisotopic (exact) mass is 277 g/mol. The largest absolute Gasteiger partial charge is 0.421 e. The number of hydrogen-bond acceptors (Lipinski definition) is 3. The van der Waals surface area contributed by atoms with Crippen molar-refractivity contribution in [1.82, 2.24) is 10.2 Å². The summed E-state index contributed by atoms with van der Waals surface area (Å²) in [6.07, 6.45) is -3.07. The van der Waals surface area contributed by atoms with Crippen LogP contribution in [0.25, 0.3) is 0 Å². The lowest BCUT2D eigenvalue weighted by Gasteiger charge is -2.30. The quantitative estimate of drug-likeness (QED) is 0.900. The smallest absolute Gasteiger partial charge is 0.353 e. The maximum Gasteiger partial charge on any atom is 0.421 e. The predicted molar refractivity (Wildman–Crippen MR) is 67.2 cm³/mol. The van der Waals surface area contributed by atoms with E-state index in [9.17, 15) is 18.0 Å². The van der Waals surface area contributed by atoms with E-state index >= 15 is 0 Å². The Labute approximate surface area is 109 Å². The highest BCUT2D eigenvalue weighted by molar-refractivity contribution is 5.41. The molecule has 0 aliphatic rings. The summed E-state index contributed by atoms with van der Waals surface area (Å²) in [7, 11) is 0. The van der Waals surface area contributed by atoms with Crippen LogP contribution < -0.4 is 10.5 Å². The number of H-pyrrole nitrogens is 1. The minimum absolute atomic E-state index is 0.101. The van der Waals surface area contributed by atoms with Crippen LogP contribution in [0.2, 0.25) is 0 Å². The zero-order valence-corrected chi connectivity index (χ0v) is 11.2. The SMILES string of the molecule is CCC(CC)N(CC)c1cc(C(F)(F)F)c(=O)[nH]n1. The van der Waals surface area contributed by atoms with Crippen LogP contribution in [0.15, 0.2) is 10.9 Å². The maximum absolute atomic E-state index is 12.7. The first-order chi connectivity index (χ1) is 8.85. The van der Waals surface area contributed by atoms with Gasteiger partial charge in [0.05, 0.1) is 0 Å². The number of nitrogens with zero attached hydrogens (tertiary/aromatic N) is 2. The highest BCUT2D eigenvalue weighted by Crippen LogP contribution is 2.28. The van der Waals surface area contributed by atoms with Crippen LogP contribution in [0, 0.1) is 0 Å². The number of alkyl halides is 3. The first-order valence-electron chi connectivity index (χ1n) is 6.28. The van der Waals surface area contributed by atoms with Gasteiger partial charge in [-0.1, -0.05) is 13.8 Å². The molecule has 0 aromatic carbocycles. The second-order valence-electron chi connectivity index (χ2n) is 4.22. The third kappa shape index (κ3) is 3.48. The Balaban J connectivity index is 3.23. The van der Waals surface area contributed by atoms with Crippen molar-refractivity contribution in [2.75, 3.05) is 11.4 Å². The number of aromatic amines is 1. The molecule has 0 unspecified atom stereocenters. The van der Waals surface area contributed by atoms with Gasteiger partial charge in [0.15, 0.2) is 0 Å². The summed E-state index contributed by atoms with van der Waals surface area (Å²) in [6, 6.07) is 0.921. The average Bonchev–Trinajstić information content (AvgIpc) is 2.35. The van der Waals surface area contributed by atoms with Crippen molar-refractivity contribution in [3.63, 3.8) is 0 Å². The van der Waals surface area contributed by atoms with Gasteiger partial charge < -0.3 is 4.90 Å². The normalized spacial score (nSPS) is 11.9. The standard InChI is InChI=1S/C12H18F3N3O/c1-4-8(5-2)18(6-3)10-7-9(12(13,14)15)11(19)17-16-10/h7-8H,4-6H2,1-3H3,(H,17,19). The average molecular weight is 277 g/mol. The van der Waals surface area contributed by atoms with E-state index in [4.69, 9.17) is 0 Å². The van der Waals surface area contributed by atoms with E-state index in [2.05, 4.69) is 5.10 Å². The van der Waals surface area contributed by atoms with Crippen LogP contribution >= 0.6 is 0 Å². The first-order valence-corrected chi connectivity index (χ1v) is 6.28. The Morgan fingerprint density at radius 2 is 1.89 bits per heavy atom. The fraction of sp³-hybridized carbons (Fsp3) is 0.667. The van der Waals surface area contributed by atoms with Gasteiger partial charge in [0.2, 0.25) is 0 Å². The molecule has 0 aliphatic heterocycles. The maximum atomic E-state index is 12.7. The van der Waals surface area contributed by atoms with Crippen molar-refractivity contribution in [3.8, 4) is 0 Å². The molecule has 1 aromatic heterocycles. The lowest BCUT2D eigenvalue weighted by molar-refractivity contribution is -0.138. The molecular weight excluding hydrogens is 259 g/mol. The molecule has 0 bridgehead atoms. The van der Waals surface area contributed by atoms with Crippen LogP contribution in [-0.2, 0) is 6.18 Å². The Kier molecular flexibility index (Phi) is 4.97. The molecule has 0 fully saturated rings. The molecular formula is C12H18F3N3O. The number of aromatic nitrogens is 2. The van der Waals surface area contributed by atoms with Crippen LogP contribution in [0.1, 0.15) is 39.2 Å². The summed E-state index contributed by atoms with van der Waals surface area (Å²) in [6.45, 7) is 6.31. The van der Waals surface area contributed by atoms with Crippen LogP contribution in [0.3, 0.4) is 0 Å². The molecule has 7 heteroatoms. The van der Waals surface area contributed by atoms with Gasteiger partial charge in [0, 0.05) is 18.7 Å². The summed E-state index contributed by atoms with van der Waals surface area (Å²) in [5, 5.41) is 5.65. The predicted octanol–water partition coefficient (Wildman–Crippen LogP) is 2.80. The Bertz CT molecular complexity index is 466. The lowest BCUT2D eigenvalue weighted by atomic mass is 10.1. The third-order valence-electron chi connectivity index (χ3n) is 3.11. The molecule has 0 saturated carbocycles. The third-order valence-corrected chi connectivity index (χ3v) is 3.11. The van der Waals surface area contributed by atoms with Crippen molar-refractivity contribution < 1.29 is 13.2 Å². The molecule has 0 radical (unpaired) electrons. The minimum atomic E-state index is -4.67. The Morgan fingerprint density at radius 3 is 2.32 bits per heavy atom. The Hall–Kier alpha value is -1.53. The van der Waals surface area contributed by atoms with Gasteiger partial charge in [-0.2, -0.15) is 18.3 Å². The molecule has 0 aliphatic carbocycles. The molecule has 1 rings (SSSR count). The molecule has 0 spiro atoms. The lowest BCUT2D eigenvalue weighted by Crippen LogP contribution is -2.36. The molecule has 1 aromatic rings. The van der Waals surface area contributed by atoms with Crippen LogP contribution in [0.5, 0.6) is 0 Å². The second-order valence-corrected chi connectivity index (χ2v) is 4.22. The van der Waals surface area contributed by atoms with Gasteiger partial charge in [-0.15, -0.1) is 0 Å². The van der Waals surface area contributed by atoms with E-state index in [0.717, 1.165) is 18.9 Å². The van der Waals surface area contributed by atoms with Gasteiger partial charge in [-0.05, 0) is 19.8 Å². The molecule has 0 atom stereocenters. The summed E-state index contributed by atoms with van der Waals surface area (Å²) in [5.74, 6) is 0.156. The van der Waals surface area contributed by atoms with Gasteiger partial charge in [-0.25, -0.2) is 5.10 Å². The summed E-state index contributed by atoms with van der Waals surface area (Å²) in [4.78, 5) is 13.0. The van der Waals surface area contributed by atoms with E-state index in [1.807, 2.05) is 25.9 Å². The van der Waals surface area contributed by atoms with Gasteiger partial charge >= 0.3 is 6.18 Å². The van der Waals surface area contributed by atoms with Gasteiger partial charge in [-0.3, -0.25) is 4.79 Å². The topological polar surface area (TPSA) is 49.0 Å². The van der Waals surface area contributed by atoms with E-state index in [1.165, 1.54) is 0 Å². The molecule has 1 heterocycles. The van der Waals surface area contributed by atoms with E-state index < -0.39 is 17.3 Å². The van der Waals surface area contributed by atoms with Crippen molar-refractivity contribution in [3.05, 3.63) is 22.0 Å². The van der Waals surface area contributed by atoms with Crippen molar-refractivity contribution in [1.29, 1.82) is 0 Å². The number of nitrogens with one attached hydrogen (secondary N) is 1. The number of anilines is 1. The molecule has 19 heavy (non-hydrogen) atoms. The molecule has 0 saturated heterocycles. The van der Waals surface area contributed by atoms with E-state index in [1.54, 1.807) is 4.90 Å². The molecule has 108 valence electrons. The highest BCUT2D eigenvalue weighted by Gasteiger charge is 2.35. The fourth-order valence-corrected chi connectivity index (χ4v) is 2.09. The summed E-state index contributed by atoms with van der Waals surface area (Å²) < 4.78 is 38.1. The number of halogens is 3. The fourth-order valence-electron chi connectivity index (χ4n) is 2.09. The van der Waals surface area contributed by atoms with Gasteiger partial charge in [0.25, 0.3) is 5.56 Å². The van der Waals surface area contributed by atoms with Crippen molar-refractivity contribution in [2.24, 2.45) is 0 Å². The van der Waals surface area contributed by atoms with Crippen LogP contribution in [0.4, 0.5) is 19.0 Å². The van der Waals surface area contributed by atoms with Gasteiger partial charge in [0.1, 0.15) is 11.4 Å². The summed E-state index contributed by atoms with van der Waals surface area (Å²) in [5.41, 5.74) is -2.42. The zero-order valence-electron chi connectivity index (χ0n) is 11.2. The van der Waals surface area contributed by atoms with Crippen molar-refractivity contribution in [2.45, 2.75) is 45.8 Å². The first kappa shape index (κ1) is 15.5. The van der Waals surface area contributed by atoms with E-state index in [0.29, 0.717) is 6.54 Å². The van der Waals surface area contributed by atoms with Crippen LogP contribution in [-0.4, -0.2) is 22.8 Å². The van der Waals surface area contributed by atoms with E-state index in [-0.39, 0.29) is 11.9 Å². The molecule has 0 amide bonds.